The minimum atomic E-state index is -0.757. The molecular weight excluding hydrogens is 434 g/mol. The first kappa shape index (κ1) is 23.4. The van der Waals surface area contributed by atoms with Crippen LogP contribution in [0.4, 0.5) is 0 Å². The third-order valence-electron chi connectivity index (χ3n) is 6.21. The second kappa shape index (κ2) is 9.23. The zero-order valence-electron chi connectivity index (χ0n) is 20.0. The third-order valence-corrected chi connectivity index (χ3v) is 6.21. The van der Waals surface area contributed by atoms with Crippen LogP contribution in [0, 0.1) is 6.92 Å². The Morgan fingerprint density at radius 1 is 1.12 bits per heavy atom. The number of likely N-dealkylation sites (tertiary alicyclic amines) is 1. The van der Waals surface area contributed by atoms with Gasteiger partial charge in [0.05, 0.1) is 31.4 Å². The summed E-state index contributed by atoms with van der Waals surface area (Å²) in [5.41, 5.74) is 2.83. The predicted molar refractivity (Wildman–Crippen MR) is 130 cm³/mol. The summed E-state index contributed by atoms with van der Waals surface area (Å²) in [6.45, 7) is 2.80. The second-order valence-electron chi connectivity index (χ2n) is 8.57. The van der Waals surface area contributed by atoms with Crippen LogP contribution in [0.1, 0.15) is 22.9 Å². The fraction of sp³-hybridized carbons (Fsp3) is 0.308. The number of carbonyl (C=O) groups excluding carboxylic acids is 2. The van der Waals surface area contributed by atoms with E-state index >= 15 is 0 Å². The van der Waals surface area contributed by atoms with Gasteiger partial charge in [-0.25, -0.2) is 0 Å². The number of carbonyl (C=O) groups is 2. The molecule has 1 aliphatic rings. The Morgan fingerprint density at radius 2 is 1.85 bits per heavy atom. The minimum absolute atomic E-state index is 0.0307. The lowest BCUT2D eigenvalue weighted by atomic mass is 9.93. The monoisotopic (exact) mass is 463 g/mol. The molecule has 0 aliphatic carbocycles. The molecule has 2 N–H and O–H groups in total. The average molecular weight is 464 g/mol. The number of benzene rings is 2. The first-order chi connectivity index (χ1) is 16.3. The summed E-state index contributed by atoms with van der Waals surface area (Å²) < 4.78 is 10.8. The summed E-state index contributed by atoms with van der Waals surface area (Å²) in [5, 5.41) is 12.4. The Labute approximate surface area is 198 Å². The van der Waals surface area contributed by atoms with E-state index in [4.69, 9.17) is 9.47 Å². The van der Waals surface area contributed by atoms with Crippen LogP contribution in [-0.4, -0.2) is 73.0 Å². The molecule has 8 nitrogen and oxygen atoms in total. The average Bonchev–Trinajstić information content (AvgIpc) is 3.28. The number of fused-ring (bicyclic) bond motifs is 1. The lowest BCUT2D eigenvalue weighted by molar-refractivity contribution is -0.140. The maximum atomic E-state index is 13.4. The van der Waals surface area contributed by atoms with Crippen molar-refractivity contribution in [1.29, 1.82) is 0 Å². The lowest BCUT2D eigenvalue weighted by Crippen LogP contribution is -2.35. The first-order valence-corrected chi connectivity index (χ1v) is 11.0. The number of nitrogens with zero attached hydrogens (tertiary/aromatic N) is 2. The Hall–Kier alpha value is -3.78. The molecule has 0 radical (unpaired) electrons. The van der Waals surface area contributed by atoms with Crippen molar-refractivity contribution < 1.29 is 24.2 Å². The van der Waals surface area contributed by atoms with Crippen molar-refractivity contribution in [2.75, 3.05) is 41.4 Å². The van der Waals surface area contributed by atoms with Gasteiger partial charge in [0, 0.05) is 35.2 Å². The van der Waals surface area contributed by atoms with Crippen LogP contribution in [0.3, 0.4) is 0 Å². The number of Topliss-reactive ketones (excluding diaryl/α,β-unsaturated/α-hetero) is 1. The minimum Gasteiger partial charge on any atom is -0.507 e. The maximum absolute atomic E-state index is 13.4. The molecule has 8 heteroatoms. The summed E-state index contributed by atoms with van der Waals surface area (Å²) in [4.78, 5) is 33.5. The maximum Gasteiger partial charge on any atom is 0.295 e. The van der Waals surface area contributed by atoms with Gasteiger partial charge in [0.1, 0.15) is 17.3 Å². The Bertz CT molecular complexity index is 1290. The van der Waals surface area contributed by atoms with Crippen molar-refractivity contribution >= 4 is 28.4 Å². The number of methoxy groups -OCH3 is 2. The Morgan fingerprint density at radius 3 is 2.53 bits per heavy atom. The van der Waals surface area contributed by atoms with Crippen molar-refractivity contribution in [3.63, 3.8) is 0 Å². The zero-order valence-corrected chi connectivity index (χ0v) is 20.0. The fourth-order valence-electron chi connectivity index (χ4n) is 4.51. The number of aliphatic hydroxyl groups is 1. The highest BCUT2D eigenvalue weighted by molar-refractivity contribution is 6.46. The molecule has 3 aromatic rings. The van der Waals surface area contributed by atoms with Crippen LogP contribution in [-0.2, 0) is 9.59 Å². The van der Waals surface area contributed by atoms with Gasteiger partial charge in [-0.1, -0.05) is 18.2 Å². The second-order valence-corrected chi connectivity index (χ2v) is 8.57. The van der Waals surface area contributed by atoms with Gasteiger partial charge < -0.3 is 29.4 Å². The van der Waals surface area contributed by atoms with E-state index in [-0.39, 0.29) is 16.9 Å². The van der Waals surface area contributed by atoms with Gasteiger partial charge in [0.15, 0.2) is 0 Å². The summed E-state index contributed by atoms with van der Waals surface area (Å²) in [6, 6.07) is 11.9. The molecular formula is C26H29N3O5. The summed E-state index contributed by atoms with van der Waals surface area (Å²) in [7, 11) is 6.81. The summed E-state index contributed by atoms with van der Waals surface area (Å²) in [6.07, 6.45) is 0. The molecule has 1 saturated heterocycles. The lowest BCUT2D eigenvalue weighted by Gasteiger charge is -2.27. The number of para-hydroxylation sites is 1. The number of hydrogen-bond donors (Lipinski definition) is 2. The normalized spacial score (nSPS) is 17.7. The zero-order chi connectivity index (χ0) is 24.6. The van der Waals surface area contributed by atoms with Gasteiger partial charge in [-0.05, 0) is 45.3 Å². The number of likely N-dealkylation sites (N-methyl/N-ethyl adjacent to an activating group) is 1. The van der Waals surface area contributed by atoms with E-state index in [1.165, 1.54) is 14.2 Å². The molecule has 34 heavy (non-hydrogen) atoms. The molecule has 4 rings (SSSR count). The van der Waals surface area contributed by atoms with Gasteiger partial charge in [-0.2, -0.15) is 0 Å². The SMILES string of the molecule is COc1ccc(OC)c(/C(O)=C2\C(=O)C(=O)N(CCN(C)C)C2c2c(C)[nH]c3ccccc23)c1. The van der Waals surface area contributed by atoms with Gasteiger partial charge in [0.25, 0.3) is 11.7 Å². The molecule has 2 aromatic carbocycles. The number of amides is 1. The highest BCUT2D eigenvalue weighted by Gasteiger charge is 2.47. The number of ether oxygens (including phenoxy) is 2. The molecule has 1 aromatic heterocycles. The molecule has 0 saturated carbocycles. The summed E-state index contributed by atoms with van der Waals surface area (Å²) in [5.74, 6) is -0.803. The van der Waals surface area contributed by atoms with Crippen molar-refractivity contribution in [2.24, 2.45) is 0 Å². The molecule has 1 unspecified atom stereocenters. The van der Waals surface area contributed by atoms with Crippen LogP contribution in [0.2, 0.25) is 0 Å². The number of aromatic nitrogens is 1. The molecule has 2 heterocycles. The van der Waals surface area contributed by atoms with E-state index in [2.05, 4.69) is 4.98 Å². The van der Waals surface area contributed by atoms with Crippen LogP contribution in [0.5, 0.6) is 11.5 Å². The number of aryl methyl sites for hydroxylation is 1. The molecule has 1 amide bonds. The van der Waals surface area contributed by atoms with Crippen molar-refractivity contribution in [3.05, 3.63) is 64.9 Å². The van der Waals surface area contributed by atoms with Crippen LogP contribution < -0.4 is 9.47 Å². The number of H-pyrrole nitrogens is 1. The molecule has 178 valence electrons. The number of rotatable bonds is 7. The number of aliphatic hydroxyl groups excluding tert-OH is 1. The number of nitrogens with one attached hydrogen (secondary N) is 1. The van der Waals surface area contributed by atoms with Crippen LogP contribution >= 0.6 is 0 Å². The quantitative estimate of drug-likeness (QED) is 0.317. The van der Waals surface area contributed by atoms with E-state index < -0.39 is 17.7 Å². The largest absolute Gasteiger partial charge is 0.507 e. The Kier molecular flexibility index (Phi) is 6.34. The van der Waals surface area contributed by atoms with Gasteiger partial charge in [0.2, 0.25) is 0 Å². The van der Waals surface area contributed by atoms with Crippen molar-refractivity contribution in [2.45, 2.75) is 13.0 Å². The van der Waals surface area contributed by atoms with Gasteiger partial charge in [-0.15, -0.1) is 0 Å². The van der Waals surface area contributed by atoms with E-state index in [1.54, 1.807) is 23.1 Å². The van der Waals surface area contributed by atoms with Crippen molar-refractivity contribution in [3.8, 4) is 11.5 Å². The van der Waals surface area contributed by atoms with Crippen LogP contribution in [0.15, 0.2) is 48.0 Å². The first-order valence-electron chi connectivity index (χ1n) is 11.0. The number of ketones is 1. The predicted octanol–water partition coefficient (Wildman–Crippen LogP) is 3.48. The van der Waals surface area contributed by atoms with E-state index in [0.717, 1.165) is 22.2 Å². The Balaban J connectivity index is 1.99. The van der Waals surface area contributed by atoms with E-state index in [0.29, 0.717) is 24.6 Å². The molecule has 1 atom stereocenters. The smallest absolute Gasteiger partial charge is 0.295 e. The third kappa shape index (κ3) is 3.90. The van der Waals surface area contributed by atoms with E-state index in [1.807, 2.05) is 50.2 Å². The van der Waals surface area contributed by atoms with E-state index in [9.17, 15) is 14.7 Å². The molecule has 1 fully saturated rings. The summed E-state index contributed by atoms with van der Waals surface area (Å²) >= 11 is 0. The molecule has 1 aliphatic heterocycles. The van der Waals surface area contributed by atoms with Crippen LogP contribution in [0.25, 0.3) is 16.7 Å². The number of hydrogen-bond acceptors (Lipinski definition) is 6. The highest BCUT2D eigenvalue weighted by Crippen LogP contribution is 2.44. The standard InChI is InChI=1S/C26H29N3O5/c1-15-21(17-8-6-7-9-19(17)27-15)23-22(25(31)26(32)29(23)13-12-28(2)3)24(30)18-14-16(33-4)10-11-20(18)34-5/h6-11,14,23,27,30H,12-13H2,1-5H3/b24-22+. The molecule has 0 bridgehead atoms. The number of aromatic amines is 1. The fourth-order valence-corrected chi connectivity index (χ4v) is 4.51. The highest BCUT2D eigenvalue weighted by atomic mass is 16.5. The van der Waals surface area contributed by atoms with Gasteiger partial charge >= 0.3 is 0 Å². The van der Waals surface area contributed by atoms with Crippen molar-refractivity contribution in [1.82, 2.24) is 14.8 Å². The van der Waals surface area contributed by atoms with Gasteiger partial charge in [-0.3, -0.25) is 9.59 Å². The molecule has 0 spiro atoms. The topological polar surface area (TPSA) is 95.1 Å².